The zero-order valence-corrected chi connectivity index (χ0v) is 13.0. The lowest BCUT2D eigenvalue weighted by molar-refractivity contribution is -0.384. The number of imidazole rings is 1. The summed E-state index contributed by atoms with van der Waals surface area (Å²) >= 11 is 0. The Kier molecular flexibility index (Phi) is 4.43. The second-order valence-electron chi connectivity index (χ2n) is 5.22. The van der Waals surface area contributed by atoms with Crippen LogP contribution in [0.3, 0.4) is 0 Å². The normalized spacial score (nSPS) is 14.5. The van der Waals surface area contributed by atoms with Crippen molar-refractivity contribution in [3.05, 3.63) is 46.5 Å². The van der Waals surface area contributed by atoms with E-state index < -0.39 is 10.9 Å². The first-order valence-electron chi connectivity index (χ1n) is 7.33. The fourth-order valence-corrected chi connectivity index (χ4v) is 2.51. The van der Waals surface area contributed by atoms with Gasteiger partial charge >= 0.3 is 5.97 Å². The number of non-ortho nitro benzene ring substituents is 1. The Morgan fingerprint density at radius 1 is 1.29 bits per heavy atom. The summed E-state index contributed by atoms with van der Waals surface area (Å²) in [5.41, 5.74) is 1.39. The van der Waals surface area contributed by atoms with Crippen molar-refractivity contribution < 1.29 is 19.2 Å². The molecule has 0 amide bonds. The van der Waals surface area contributed by atoms with E-state index in [2.05, 4.69) is 9.72 Å². The van der Waals surface area contributed by atoms with Crippen molar-refractivity contribution in [2.45, 2.75) is 0 Å². The summed E-state index contributed by atoms with van der Waals surface area (Å²) in [5, 5.41) is 11.2. The number of carbonyl (C=O) groups excluding carboxylic acids is 1. The van der Waals surface area contributed by atoms with Crippen LogP contribution < -0.4 is 4.90 Å². The fraction of sp³-hybridized carbons (Fsp3) is 0.333. The highest BCUT2D eigenvalue weighted by Gasteiger charge is 2.18. The Balaban J connectivity index is 2.00. The number of carbonyl (C=O) groups is 1. The number of ether oxygens (including phenoxy) is 2. The Labute approximate surface area is 137 Å². The molecular formula is C15H16N4O5. The van der Waals surface area contributed by atoms with Gasteiger partial charge in [0.2, 0.25) is 0 Å². The molecule has 0 bridgehead atoms. The van der Waals surface area contributed by atoms with Crippen LogP contribution in [0.1, 0.15) is 10.5 Å². The molecule has 2 heterocycles. The first-order chi connectivity index (χ1) is 11.6. The third kappa shape index (κ3) is 3.20. The van der Waals surface area contributed by atoms with Gasteiger partial charge in [0.1, 0.15) is 6.33 Å². The lowest BCUT2D eigenvalue weighted by atomic mass is 10.2. The van der Waals surface area contributed by atoms with Gasteiger partial charge in [0.05, 0.1) is 30.9 Å². The van der Waals surface area contributed by atoms with Gasteiger partial charge in [-0.1, -0.05) is 0 Å². The number of nitro groups is 1. The van der Waals surface area contributed by atoms with Crippen molar-refractivity contribution in [3.8, 4) is 5.69 Å². The molecule has 1 aromatic heterocycles. The Morgan fingerprint density at radius 3 is 2.67 bits per heavy atom. The molecule has 24 heavy (non-hydrogen) atoms. The summed E-state index contributed by atoms with van der Waals surface area (Å²) in [6.07, 6.45) is 2.91. The molecule has 126 valence electrons. The predicted molar refractivity (Wildman–Crippen MR) is 84.6 cm³/mol. The predicted octanol–water partition coefficient (Wildman–Crippen LogP) is 1.40. The maximum atomic E-state index is 11.5. The average molecular weight is 332 g/mol. The van der Waals surface area contributed by atoms with Gasteiger partial charge in [0, 0.05) is 37.1 Å². The fourth-order valence-electron chi connectivity index (χ4n) is 2.51. The van der Waals surface area contributed by atoms with E-state index in [0.717, 1.165) is 5.69 Å². The lowest BCUT2D eigenvalue weighted by Gasteiger charge is -2.29. The zero-order valence-electron chi connectivity index (χ0n) is 13.0. The van der Waals surface area contributed by atoms with E-state index in [1.165, 1.54) is 31.8 Å². The van der Waals surface area contributed by atoms with Gasteiger partial charge in [-0.3, -0.25) is 10.1 Å². The topological polar surface area (TPSA) is 99.7 Å². The summed E-state index contributed by atoms with van der Waals surface area (Å²) in [6, 6.07) is 4.79. The van der Waals surface area contributed by atoms with Gasteiger partial charge in [-0.15, -0.1) is 0 Å². The number of aromatic nitrogens is 2. The minimum Gasteiger partial charge on any atom is -0.464 e. The highest BCUT2D eigenvalue weighted by molar-refractivity contribution is 5.86. The monoisotopic (exact) mass is 332 g/mol. The Morgan fingerprint density at radius 2 is 2.00 bits per heavy atom. The molecule has 1 aliphatic rings. The largest absolute Gasteiger partial charge is 0.464 e. The van der Waals surface area contributed by atoms with Crippen molar-refractivity contribution in [2.75, 3.05) is 38.3 Å². The van der Waals surface area contributed by atoms with Gasteiger partial charge in [-0.05, 0) is 6.07 Å². The molecule has 1 fully saturated rings. The van der Waals surface area contributed by atoms with E-state index in [1.807, 2.05) is 11.0 Å². The number of esters is 1. The molecule has 1 aliphatic heterocycles. The molecule has 3 rings (SSSR count). The molecule has 0 spiro atoms. The molecule has 0 unspecified atom stereocenters. The summed E-state index contributed by atoms with van der Waals surface area (Å²) in [4.78, 5) is 28.3. The van der Waals surface area contributed by atoms with Crippen LogP contribution >= 0.6 is 0 Å². The van der Waals surface area contributed by atoms with Crippen molar-refractivity contribution in [1.29, 1.82) is 0 Å². The standard InChI is InChI=1S/C15H16N4O5/c1-23-15(20)14-9-18(10-16-14)12-6-11(7-13(8-12)19(21)22)17-2-4-24-5-3-17/h6-10H,2-5H2,1H3. The number of hydrogen-bond donors (Lipinski definition) is 0. The van der Waals surface area contributed by atoms with Crippen LogP contribution in [-0.2, 0) is 9.47 Å². The molecule has 9 heteroatoms. The van der Waals surface area contributed by atoms with E-state index in [4.69, 9.17) is 4.74 Å². The van der Waals surface area contributed by atoms with E-state index in [9.17, 15) is 14.9 Å². The minimum absolute atomic E-state index is 0.0256. The Bertz CT molecular complexity index is 767. The third-order valence-electron chi connectivity index (χ3n) is 3.75. The third-order valence-corrected chi connectivity index (χ3v) is 3.75. The molecule has 1 saturated heterocycles. The summed E-state index contributed by atoms with van der Waals surface area (Å²) in [5.74, 6) is -0.562. The maximum Gasteiger partial charge on any atom is 0.358 e. The molecular weight excluding hydrogens is 316 g/mol. The van der Waals surface area contributed by atoms with Gasteiger partial charge in [-0.25, -0.2) is 9.78 Å². The van der Waals surface area contributed by atoms with Crippen molar-refractivity contribution in [3.63, 3.8) is 0 Å². The second-order valence-corrected chi connectivity index (χ2v) is 5.22. The number of methoxy groups -OCH3 is 1. The lowest BCUT2D eigenvalue weighted by Crippen LogP contribution is -2.36. The van der Waals surface area contributed by atoms with Crippen LogP contribution in [0.4, 0.5) is 11.4 Å². The molecule has 0 saturated carbocycles. The smallest absolute Gasteiger partial charge is 0.358 e. The number of hydrogen-bond acceptors (Lipinski definition) is 7. The highest BCUT2D eigenvalue weighted by atomic mass is 16.6. The average Bonchev–Trinajstić information content (AvgIpc) is 3.11. The Hall–Kier alpha value is -2.94. The van der Waals surface area contributed by atoms with Gasteiger partial charge in [0.15, 0.2) is 5.69 Å². The SMILES string of the molecule is COC(=O)c1cn(-c2cc(N3CCOCC3)cc([N+](=O)[O-])c2)cn1. The van der Waals surface area contributed by atoms with E-state index in [1.54, 1.807) is 4.57 Å². The van der Waals surface area contributed by atoms with Crippen LogP contribution in [0.2, 0.25) is 0 Å². The van der Waals surface area contributed by atoms with Crippen LogP contribution in [0.5, 0.6) is 0 Å². The van der Waals surface area contributed by atoms with Gasteiger partial charge in [0.25, 0.3) is 5.69 Å². The molecule has 9 nitrogen and oxygen atoms in total. The summed E-state index contributed by atoms with van der Waals surface area (Å²) < 4.78 is 11.5. The number of morpholine rings is 1. The molecule has 0 atom stereocenters. The second kappa shape index (κ2) is 6.67. The van der Waals surface area contributed by atoms with Crippen LogP contribution in [0, 0.1) is 10.1 Å². The molecule has 2 aromatic rings. The summed E-state index contributed by atoms with van der Waals surface area (Å²) in [7, 11) is 1.27. The number of nitrogens with zero attached hydrogens (tertiary/aromatic N) is 4. The number of anilines is 1. The summed E-state index contributed by atoms with van der Waals surface area (Å²) in [6.45, 7) is 2.49. The van der Waals surface area contributed by atoms with E-state index in [-0.39, 0.29) is 11.4 Å². The van der Waals surface area contributed by atoms with Crippen molar-refractivity contribution in [2.24, 2.45) is 0 Å². The zero-order chi connectivity index (χ0) is 17.1. The molecule has 1 aromatic carbocycles. The van der Waals surface area contributed by atoms with Crippen molar-refractivity contribution in [1.82, 2.24) is 9.55 Å². The quantitative estimate of drug-likeness (QED) is 0.474. The number of benzene rings is 1. The van der Waals surface area contributed by atoms with E-state index in [0.29, 0.717) is 32.0 Å². The van der Waals surface area contributed by atoms with Crippen LogP contribution in [-0.4, -0.2) is 53.9 Å². The molecule has 0 radical (unpaired) electrons. The van der Waals surface area contributed by atoms with Gasteiger partial charge in [-0.2, -0.15) is 0 Å². The van der Waals surface area contributed by atoms with Crippen LogP contribution in [0.25, 0.3) is 5.69 Å². The maximum absolute atomic E-state index is 11.5. The number of rotatable bonds is 4. The first-order valence-corrected chi connectivity index (χ1v) is 7.33. The highest BCUT2D eigenvalue weighted by Crippen LogP contribution is 2.27. The first kappa shape index (κ1) is 15.9. The molecule has 0 aliphatic carbocycles. The van der Waals surface area contributed by atoms with Crippen LogP contribution in [0.15, 0.2) is 30.7 Å². The minimum atomic E-state index is -0.562. The van der Waals surface area contributed by atoms with Gasteiger partial charge < -0.3 is 18.9 Å². The molecule has 0 N–H and O–H groups in total. The van der Waals surface area contributed by atoms with E-state index >= 15 is 0 Å². The number of nitro benzene ring substituents is 1. The van der Waals surface area contributed by atoms with Crippen molar-refractivity contribution >= 4 is 17.3 Å².